The van der Waals surface area contributed by atoms with E-state index >= 15 is 0 Å². The minimum Gasteiger partial charge on any atom is -0.0803 e. The van der Waals surface area contributed by atoms with Crippen LogP contribution >= 0.6 is 0 Å². The van der Waals surface area contributed by atoms with Crippen LogP contribution in [0.2, 0.25) is 5.54 Å². The average Bonchev–Trinajstić information content (AvgIpc) is 2.50. The third-order valence-electron chi connectivity index (χ3n) is 3.02. The van der Waals surface area contributed by atoms with Crippen molar-refractivity contribution in [2.45, 2.75) is 26.3 Å². The Morgan fingerprint density at radius 1 is 1.00 bits per heavy atom. The fourth-order valence-electron chi connectivity index (χ4n) is 2.29. The van der Waals surface area contributed by atoms with Crippen molar-refractivity contribution < 1.29 is 0 Å². The van der Waals surface area contributed by atoms with Gasteiger partial charge in [0.25, 0.3) is 0 Å². The molecule has 0 bridgehead atoms. The lowest BCUT2D eigenvalue weighted by atomic mass is 10.2. The summed E-state index contributed by atoms with van der Waals surface area (Å²) in [6.45, 7) is 6.64. The van der Waals surface area contributed by atoms with Gasteiger partial charge in [-0.25, -0.2) is 0 Å². The number of aryl methyl sites for hydroxylation is 2. The maximum atomic E-state index is 2.36. The summed E-state index contributed by atoms with van der Waals surface area (Å²) in [5, 5.41) is 1.59. The Morgan fingerprint density at radius 3 is 2.20 bits per heavy atom. The van der Waals surface area contributed by atoms with Gasteiger partial charge in [-0.05, 0) is 26.3 Å². The summed E-state index contributed by atoms with van der Waals surface area (Å²) in [4.78, 5) is 0. The van der Waals surface area contributed by atoms with E-state index in [1.165, 1.54) is 11.1 Å². The summed E-state index contributed by atoms with van der Waals surface area (Å²) >= 11 is 0. The van der Waals surface area contributed by atoms with E-state index in [0.29, 0.717) is 0 Å². The average molecular weight is 214 g/mol. The summed E-state index contributed by atoms with van der Waals surface area (Å²) in [6.07, 6.45) is 6.81. The van der Waals surface area contributed by atoms with Gasteiger partial charge in [-0.2, -0.15) is 0 Å². The Balaban J connectivity index is 2.17. The van der Waals surface area contributed by atoms with E-state index in [9.17, 15) is 0 Å². The van der Waals surface area contributed by atoms with E-state index in [4.69, 9.17) is 0 Å². The maximum absolute atomic E-state index is 2.36. The van der Waals surface area contributed by atoms with Gasteiger partial charge in [0.15, 0.2) is 0 Å². The van der Waals surface area contributed by atoms with Crippen LogP contribution in [-0.2, 0) is 0 Å². The fraction of sp³-hybridized carbons (Fsp3) is 0.286. The normalized spacial score (nSPS) is 20.2. The molecule has 0 aromatic heterocycles. The zero-order chi connectivity index (χ0) is 10.8. The zero-order valence-electron chi connectivity index (χ0n) is 9.75. The molecule has 15 heavy (non-hydrogen) atoms. The smallest absolute Gasteiger partial charge is 0.0667 e. The monoisotopic (exact) mass is 214 g/mol. The lowest BCUT2D eigenvalue weighted by Crippen LogP contribution is -2.19. The Morgan fingerprint density at radius 2 is 1.67 bits per heavy atom. The van der Waals surface area contributed by atoms with Gasteiger partial charge in [-0.15, -0.1) is 0 Å². The largest absolute Gasteiger partial charge is 0.0803 e. The summed E-state index contributed by atoms with van der Waals surface area (Å²) in [5.74, 6) is 0. The summed E-state index contributed by atoms with van der Waals surface area (Å²) in [6, 6.07) is 6.97. The molecule has 0 saturated carbocycles. The van der Waals surface area contributed by atoms with Crippen molar-refractivity contribution in [2.75, 3.05) is 0 Å². The molecule has 78 valence electrons. The molecule has 0 spiro atoms. The molecule has 0 heterocycles. The minimum atomic E-state index is -0.180. The number of allylic oxidation sites excluding steroid dienone is 4. The maximum Gasteiger partial charge on any atom is 0.0667 e. The SMILES string of the molecule is CC1=CC=CC1[SiH2]c1cc(C)cc(C)c1. The third kappa shape index (κ3) is 2.48. The second-order valence-corrected chi connectivity index (χ2v) is 6.71. The van der Waals surface area contributed by atoms with Crippen molar-refractivity contribution in [3.05, 3.63) is 53.1 Å². The van der Waals surface area contributed by atoms with Gasteiger partial charge in [0, 0.05) is 0 Å². The number of hydrogen-bond acceptors (Lipinski definition) is 0. The van der Waals surface area contributed by atoms with Crippen LogP contribution < -0.4 is 5.19 Å². The molecule has 1 atom stereocenters. The van der Waals surface area contributed by atoms with Gasteiger partial charge in [-0.1, -0.05) is 58.3 Å². The van der Waals surface area contributed by atoms with Crippen LogP contribution in [0.25, 0.3) is 0 Å². The molecule has 0 fully saturated rings. The van der Waals surface area contributed by atoms with Crippen LogP contribution in [0.5, 0.6) is 0 Å². The lowest BCUT2D eigenvalue weighted by molar-refractivity contribution is 1.23. The van der Waals surface area contributed by atoms with Gasteiger partial charge in [-0.3, -0.25) is 0 Å². The highest BCUT2D eigenvalue weighted by Crippen LogP contribution is 2.23. The van der Waals surface area contributed by atoms with Gasteiger partial charge in [0.05, 0.1) is 9.52 Å². The van der Waals surface area contributed by atoms with E-state index in [1.54, 1.807) is 10.8 Å². The number of rotatable bonds is 2. The van der Waals surface area contributed by atoms with E-state index in [-0.39, 0.29) is 9.52 Å². The highest BCUT2D eigenvalue weighted by molar-refractivity contribution is 6.56. The quantitative estimate of drug-likeness (QED) is 0.663. The van der Waals surface area contributed by atoms with Crippen LogP contribution in [0, 0.1) is 13.8 Å². The second-order valence-electron chi connectivity index (χ2n) is 4.60. The zero-order valence-corrected chi connectivity index (χ0v) is 11.2. The molecule has 0 nitrogen and oxygen atoms in total. The van der Waals surface area contributed by atoms with Gasteiger partial charge >= 0.3 is 0 Å². The topological polar surface area (TPSA) is 0 Å². The van der Waals surface area contributed by atoms with Crippen LogP contribution in [0.4, 0.5) is 0 Å². The Bertz CT molecular complexity index is 407. The minimum absolute atomic E-state index is 0.180. The first kappa shape index (κ1) is 10.4. The highest BCUT2D eigenvalue weighted by Gasteiger charge is 2.12. The van der Waals surface area contributed by atoms with Gasteiger partial charge in [0.2, 0.25) is 0 Å². The van der Waals surface area contributed by atoms with Crippen molar-refractivity contribution in [2.24, 2.45) is 0 Å². The molecule has 1 aliphatic rings. The van der Waals surface area contributed by atoms with Crippen LogP contribution in [0.1, 0.15) is 18.1 Å². The predicted octanol–water partition coefficient (Wildman–Crippen LogP) is 2.40. The molecule has 0 N–H and O–H groups in total. The summed E-state index contributed by atoms with van der Waals surface area (Å²) < 4.78 is 0. The Kier molecular flexibility index (Phi) is 2.92. The van der Waals surface area contributed by atoms with Gasteiger partial charge < -0.3 is 0 Å². The molecule has 0 amide bonds. The van der Waals surface area contributed by atoms with Crippen molar-refractivity contribution in [1.29, 1.82) is 0 Å². The number of hydrogen-bond donors (Lipinski definition) is 0. The second kappa shape index (κ2) is 4.19. The fourth-order valence-corrected chi connectivity index (χ4v) is 4.43. The van der Waals surface area contributed by atoms with Crippen molar-refractivity contribution in [1.82, 2.24) is 0 Å². The van der Waals surface area contributed by atoms with Crippen LogP contribution in [0.15, 0.2) is 42.0 Å². The van der Waals surface area contributed by atoms with E-state index in [0.717, 1.165) is 5.54 Å². The third-order valence-corrected chi connectivity index (χ3v) is 5.26. The molecule has 1 heteroatoms. The van der Waals surface area contributed by atoms with Crippen LogP contribution in [0.3, 0.4) is 0 Å². The highest BCUT2D eigenvalue weighted by atomic mass is 28.2. The lowest BCUT2D eigenvalue weighted by Gasteiger charge is -2.10. The molecule has 2 rings (SSSR count). The van der Waals surface area contributed by atoms with Crippen molar-refractivity contribution in [3.63, 3.8) is 0 Å². The Labute approximate surface area is 94.5 Å². The van der Waals surface area contributed by atoms with Crippen LogP contribution in [-0.4, -0.2) is 9.52 Å². The number of benzene rings is 1. The first-order chi connectivity index (χ1) is 7.15. The molecule has 0 radical (unpaired) electrons. The van der Waals surface area contributed by atoms with Crippen molar-refractivity contribution in [3.8, 4) is 0 Å². The molecular weight excluding hydrogens is 196 g/mol. The predicted molar refractivity (Wildman–Crippen MR) is 70.7 cm³/mol. The molecule has 1 aromatic rings. The summed E-state index contributed by atoms with van der Waals surface area (Å²) in [7, 11) is -0.180. The first-order valence-electron chi connectivity index (χ1n) is 5.57. The Hall–Kier alpha value is -1.08. The van der Waals surface area contributed by atoms with E-state index < -0.39 is 0 Å². The van der Waals surface area contributed by atoms with E-state index in [2.05, 4.69) is 57.2 Å². The molecular formula is C14H18Si. The first-order valence-corrected chi connectivity index (χ1v) is 7.09. The molecule has 1 aromatic carbocycles. The molecule has 0 aliphatic heterocycles. The standard InChI is InChI=1S/C14H18Si/c1-10-7-11(2)9-13(8-10)15-14-6-4-5-12(14)3/h4-9,14H,15H2,1-3H3. The van der Waals surface area contributed by atoms with Gasteiger partial charge in [0.1, 0.15) is 0 Å². The molecule has 1 unspecified atom stereocenters. The van der Waals surface area contributed by atoms with E-state index in [1.807, 2.05) is 0 Å². The summed E-state index contributed by atoms with van der Waals surface area (Å²) in [5.41, 5.74) is 5.11. The van der Waals surface area contributed by atoms with Crippen molar-refractivity contribution >= 4 is 14.7 Å². The molecule has 1 aliphatic carbocycles. The molecule has 0 saturated heterocycles.